The lowest BCUT2D eigenvalue weighted by atomic mass is 9.87. The molecule has 0 aromatic heterocycles. The van der Waals surface area contributed by atoms with Crippen molar-refractivity contribution in [3.05, 3.63) is 24.3 Å². The lowest BCUT2D eigenvalue weighted by Gasteiger charge is -2.44. The summed E-state index contributed by atoms with van der Waals surface area (Å²) < 4.78 is 6.80. The van der Waals surface area contributed by atoms with Crippen LogP contribution < -0.4 is 0 Å². The van der Waals surface area contributed by atoms with Gasteiger partial charge >= 0.3 is 0 Å². The molecule has 20 heavy (non-hydrogen) atoms. The third kappa shape index (κ3) is 2.69. The summed E-state index contributed by atoms with van der Waals surface area (Å²) in [5, 5.41) is 0.312. The number of rotatable bonds is 4. The van der Waals surface area contributed by atoms with Crippen LogP contribution in [0.1, 0.15) is 41.0 Å². The lowest BCUT2D eigenvalue weighted by molar-refractivity contribution is 0.135. The molecule has 0 bridgehead atoms. The minimum Gasteiger partial charge on any atom is -0.414 e. The van der Waals surface area contributed by atoms with Crippen LogP contribution in [-0.2, 0) is 4.43 Å². The smallest absolute Gasteiger partial charge is 0.192 e. The van der Waals surface area contributed by atoms with Crippen molar-refractivity contribution in [2.45, 2.75) is 65.3 Å². The van der Waals surface area contributed by atoms with Crippen LogP contribution >= 0.6 is 0 Å². The third-order valence-electron chi connectivity index (χ3n) is 6.44. The summed E-state index contributed by atoms with van der Waals surface area (Å²) in [6.45, 7) is 16.7. The zero-order valence-corrected chi connectivity index (χ0v) is 15.3. The average molecular weight is 293 g/mol. The predicted octanol–water partition coefficient (Wildman–Crippen LogP) is 5.41. The van der Waals surface area contributed by atoms with E-state index >= 15 is 0 Å². The van der Waals surface area contributed by atoms with Crippen LogP contribution in [0, 0.1) is 23.7 Å². The Morgan fingerprint density at radius 3 is 2.30 bits per heavy atom. The fourth-order valence-corrected chi connectivity index (χ4v) is 6.34. The fourth-order valence-electron chi connectivity index (χ4n) is 3.58. The highest BCUT2D eigenvalue weighted by molar-refractivity contribution is 6.74. The first kappa shape index (κ1) is 16.0. The molecule has 2 aliphatic rings. The zero-order valence-electron chi connectivity index (χ0n) is 14.3. The van der Waals surface area contributed by atoms with Crippen LogP contribution in [0.3, 0.4) is 0 Å². The summed E-state index contributed by atoms with van der Waals surface area (Å²) in [5.41, 5.74) is 0. The molecule has 0 aromatic rings. The molecule has 4 unspecified atom stereocenters. The molecule has 2 rings (SSSR count). The molecule has 0 aliphatic heterocycles. The van der Waals surface area contributed by atoms with Crippen LogP contribution in [0.2, 0.25) is 18.1 Å². The Morgan fingerprint density at radius 1 is 1.15 bits per heavy atom. The van der Waals surface area contributed by atoms with E-state index in [1.54, 1.807) is 0 Å². The van der Waals surface area contributed by atoms with Gasteiger partial charge < -0.3 is 4.43 Å². The molecular weight excluding hydrogens is 260 g/mol. The first-order valence-electron chi connectivity index (χ1n) is 8.19. The minimum absolute atomic E-state index is 0.312. The Kier molecular flexibility index (Phi) is 4.37. The van der Waals surface area contributed by atoms with E-state index in [4.69, 9.17) is 4.43 Å². The van der Waals surface area contributed by atoms with E-state index in [1.165, 1.54) is 6.42 Å². The molecule has 0 amide bonds. The highest BCUT2D eigenvalue weighted by Gasteiger charge is 2.48. The van der Waals surface area contributed by atoms with E-state index < -0.39 is 8.32 Å². The van der Waals surface area contributed by atoms with Gasteiger partial charge in [0.1, 0.15) is 0 Å². The highest BCUT2D eigenvalue weighted by Crippen LogP contribution is 2.49. The van der Waals surface area contributed by atoms with E-state index in [9.17, 15) is 0 Å². The Balaban J connectivity index is 2.11. The van der Waals surface area contributed by atoms with Gasteiger partial charge in [0.2, 0.25) is 0 Å². The van der Waals surface area contributed by atoms with Crippen molar-refractivity contribution in [1.82, 2.24) is 0 Å². The van der Waals surface area contributed by atoms with E-state index in [1.807, 2.05) is 0 Å². The Bertz CT molecular complexity index is 406. The molecule has 2 heteroatoms. The molecule has 0 saturated heterocycles. The summed E-state index contributed by atoms with van der Waals surface area (Å²) in [7, 11) is -1.71. The van der Waals surface area contributed by atoms with Crippen molar-refractivity contribution in [3.63, 3.8) is 0 Å². The second-order valence-corrected chi connectivity index (χ2v) is 12.7. The summed E-state index contributed by atoms with van der Waals surface area (Å²) in [6, 6.07) is 0. The van der Waals surface area contributed by atoms with E-state index in [2.05, 4.69) is 72.0 Å². The first-order chi connectivity index (χ1) is 9.17. The molecule has 1 nitrogen and oxygen atoms in total. The standard InChI is InChI=1S/C18H32OSi/c1-13(2)18(4,5)20(6,7)19-17-12-15-10-8-9-11-16(15)14(17)3/h8-11,13-17H,12H2,1-7H3. The molecule has 0 heterocycles. The summed E-state index contributed by atoms with van der Waals surface area (Å²) in [4.78, 5) is 0. The molecular formula is C18H32OSi. The largest absolute Gasteiger partial charge is 0.414 e. The van der Waals surface area contributed by atoms with Crippen molar-refractivity contribution < 1.29 is 4.43 Å². The summed E-state index contributed by atoms with van der Waals surface area (Å²) in [6.07, 6.45) is 10.8. The molecule has 4 atom stereocenters. The monoisotopic (exact) mass is 292 g/mol. The quantitative estimate of drug-likeness (QED) is 0.629. The molecule has 0 radical (unpaired) electrons. The zero-order chi connectivity index (χ0) is 15.1. The molecule has 2 aliphatic carbocycles. The van der Waals surface area contributed by atoms with Crippen LogP contribution in [0.4, 0.5) is 0 Å². The molecule has 0 N–H and O–H groups in total. The van der Waals surface area contributed by atoms with Gasteiger partial charge in [-0.15, -0.1) is 0 Å². The van der Waals surface area contributed by atoms with Crippen LogP contribution in [-0.4, -0.2) is 14.4 Å². The van der Waals surface area contributed by atoms with Crippen molar-refractivity contribution >= 4 is 8.32 Å². The van der Waals surface area contributed by atoms with Crippen molar-refractivity contribution in [2.75, 3.05) is 0 Å². The van der Waals surface area contributed by atoms with Crippen LogP contribution in [0.25, 0.3) is 0 Å². The van der Waals surface area contributed by atoms with Gasteiger partial charge in [0.05, 0.1) is 0 Å². The Morgan fingerprint density at radius 2 is 1.75 bits per heavy atom. The summed E-state index contributed by atoms with van der Waals surface area (Å²) in [5.74, 6) is 2.71. The van der Waals surface area contributed by atoms with Gasteiger partial charge in [-0.3, -0.25) is 0 Å². The number of allylic oxidation sites excluding steroid dienone is 4. The van der Waals surface area contributed by atoms with Gasteiger partial charge in [-0.2, -0.15) is 0 Å². The van der Waals surface area contributed by atoms with Crippen molar-refractivity contribution in [1.29, 1.82) is 0 Å². The molecule has 0 aromatic carbocycles. The SMILES string of the molecule is CC1C(O[Si](C)(C)C(C)(C)C(C)C)CC2C=CC=CC21. The predicted molar refractivity (Wildman–Crippen MR) is 90.3 cm³/mol. The van der Waals surface area contributed by atoms with Gasteiger partial charge in [-0.05, 0) is 48.2 Å². The second kappa shape index (κ2) is 5.45. The van der Waals surface area contributed by atoms with Crippen LogP contribution in [0.5, 0.6) is 0 Å². The van der Waals surface area contributed by atoms with Gasteiger partial charge in [-0.1, -0.05) is 58.9 Å². The first-order valence-corrected chi connectivity index (χ1v) is 11.1. The van der Waals surface area contributed by atoms with Gasteiger partial charge in [0.15, 0.2) is 8.32 Å². The average Bonchev–Trinajstić information content (AvgIpc) is 2.66. The van der Waals surface area contributed by atoms with Gasteiger partial charge in [-0.25, -0.2) is 0 Å². The van der Waals surface area contributed by atoms with E-state index in [0.29, 0.717) is 34.8 Å². The Hall–Kier alpha value is -0.343. The molecule has 1 saturated carbocycles. The highest BCUT2D eigenvalue weighted by atomic mass is 28.4. The maximum Gasteiger partial charge on any atom is 0.192 e. The van der Waals surface area contributed by atoms with E-state index in [0.717, 1.165) is 0 Å². The number of hydrogen-bond acceptors (Lipinski definition) is 1. The topological polar surface area (TPSA) is 9.23 Å². The normalized spacial score (nSPS) is 33.8. The maximum atomic E-state index is 6.80. The molecule has 0 spiro atoms. The molecule has 1 fully saturated rings. The van der Waals surface area contributed by atoms with Gasteiger partial charge in [0, 0.05) is 6.10 Å². The maximum absolute atomic E-state index is 6.80. The van der Waals surface area contributed by atoms with Crippen molar-refractivity contribution in [2.24, 2.45) is 23.7 Å². The molecule has 114 valence electrons. The Labute approximate surface area is 126 Å². The second-order valence-electron chi connectivity index (χ2n) is 8.15. The number of fused-ring (bicyclic) bond motifs is 1. The third-order valence-corrected chi connectivity index (χ3v) is 11.0. The summed E-state index contributed by atoms with van der Waals surface area (Å²) >= 11 is 0. The van der Waals surface area contributed by atoms with Crippen LogP contribution in [0.15, 0.2) is 24.3 Å². The lowest BCUT2D eigenvalue weighted by Crippen LogP contribution is -2.48. The van der Waals surface area contributed by atoms with E-state index in [-0.39, 0.29) is 0 Å². The minimum atomic E-state index is -1.71. The fraction of sp³-hybridized carbons (Fsp3) is 0.778. The number of hydrogen-bond donors (Lipinski definition) is 0. The van der Waals surface area contributed by atoms with Crippen molar-refractivity contribution in [3.8, 4) is 0 Å². The van der Waals surface area contributed by atoms with Gasteiger partial charge in [0.25, 0.3) is 0 Å².